The fourth-order valence-corrected chi connectivity index (χ4v) is 1.34. The van der Waals surface area contributed by atoms with Crippen molar-refractivity contribution in [3.05, 3.63) is 0 Å². The van der Waals surface area contributed by atoms with Crippen molar-refractivity contribution in [2.75, 3.05) is 13.2 Å². The number of hydrogen-bond donors (Lipinski definition) is 1. The lowest BCUT2D eigenvalue weighted by Gasteiger charge is -2.04. The number of aliphatic hydroxyl groups excluding tert-OH is 1. The summed E-state index contributed by atoms with van der Waals surface area (Å²) in [4.78, 5) is 10.5. The molecule has 1 heterocycles. The predicted molar refractivity (Wildman–Crippen MR) is 46.4 cm³/mol. The van der Waals surface area contributed by atoms with Crippen molar-refractivity contribution in [3.63, 3.8) is 0 Å². The number of unbranched alkanes of at least 4 members (excludes halogenated alkanes) is 3. The van der Waals surface area contributed by atoms with Gasteiger partial charge >= 0.3 is 6.16 Å². The Morgan fingerprint density at radius 3 is 2.69 bits per heavy atom. The molecule has 1 N–H and O–H groups in total. The second kappa shape index (κ2) is 5.80. The van der Waals surface area contributed by atoms with Gasteiger partial charge in [-0.15, -0.1) is 0 Å². The molecule has 0 aromatic carbocycles. The summed E-state index contributed by atoms with van der Waals surface area (Å²) in [5.74, 6) is 0. The number of carbonyl (C=O) groups excluding carboxylic acids is 1. The van der Waals surface area contributed by atoms with E-state index in [1.807, 2.05) is 0 Å². The molecule has 0 aromatic rings. The van der Waals surface area contributed by atoms with Crippen LogP contribution in [0.25, 0.3) is 0 Å². The van der Waals surface area contributed by atoms with Gasteiger partial charge in [0.2, 0.25) is 0 Å². The van der Waals surface area contributed by atoms with Crippen molar-refractivity contribution in [1.82, 2.24) is 0 Å². The zero-order valence-corrected chi connectivity index (χ0v) is 7.70. The highest BCUT2D eigenvalue weighted by Crippen LogP contribution is 2.13. The fourth-order valence-electron chi connectivity index (χ4n) is 1.34. The summed E-state index contributed by atoms with van der Waals surface area (Å²) in [7, 11) is 0. The molecule has 0 spiro atoms. The van der Waals surface area contributed by atoms with Gasteiger partial charge in [0.25, 0.3) is 0 Å². The average molecular weight is 188 g/mol. The predicted octanol–water partition coefficient (Wildman–Crippen LogP) is 1.46. The fraction of sp³-hybridized carbons (Fsp3) is 0.889. The maximum absolute atomic E-state index is 10.5. The van der Waals surface area contributed by atoms with E-state index < -0.39 is 6.16 Å². The number of carbonyl (C=O) groups is 1. The largest absolute Gasteiger partial charge is 0.508 e. The standard InChI is InChI=1S/C9H16O4/c10-6-4-2-1-3-5-8-7-12-9(11)13-8/h8,10H,1-7H2. The van der Waals surface area contributed by atoms with Crippen molar-refractivity contribution in [2.24, 2.45) is 0 Å². The molecule has 13 heavy (non-hydrogen) atoms. The molecule has 4 heteroatoms. The topological polar surface area (TPSA) is 55.8 Å². The smallest absolute Gasteiger partial charge is 0.430 e. The van der Waals surface area contributed by atoms with Crippen LogP contribution in [-0.2, 0) is 9.47 Å². The Morgan fingerprint density at radius 1 is 1.31 bits per heavy atom. The Bertz CT molecular complexity index is 158. The molecule has 0 aliphatic carbocycles. The Balaban J connectivity index is 1.91. The molecular weight excluding hydrogens is 172 g/mol. The van der Waals surface area contributed by atoms with Crippen LogP contribution in [0.4, 0.5) is 4.79 Å². The minimum absolute atomic E-state index is 0.0402. The second-order valence-electron chi connectivity index (χ2n) is 3.23. The minimum Gasteiger partial charge on any atom is -0.430 e. The van der Waals surface area contributed by atoms with E-state index in [9.17, 15) is 4.79 Å². The first kappa shape index (κ1) is 10.3. The quantitative estimate of drug-likeness (QED) is 0.506. The number of aliphatic hydroxyl groups is 1. The maximum atomic E-state index is 10.5. The molecule has 1 saturated heterocycles. The molecule has 1 aliphatic heterocycles. The third-order valence-electron chi connectivity index (χ3n) is 2.08. The SMILES string of the molecule is O=C1OCC(CCCCCCO)O1. The zero-order chi connectivity index (χ0) is 9.52. The van der Waals surface area contributed by atoms with Gasteiger partial charge < -0.3 is 14.6 Å². The van der Waals surface area contributed by atoms with Gasteiger partial charge in [0.05, 0.1) is 0 Å². The van der Waals surface area contributed by atoms with E-state index in [1.165, 1.54) is 0 Å². The second-order valence-corrected chi connectivity index (χ2v) is 3.23. The summed E-state index contributed by atoms with van der Waals surface area (Å²) in [6.45, 7) is 0.667. The summed E-state index contributed by atoms with van der Waals surface area (Å²) in [6, 6.07) is 0. The zero-order valence-electron chi connectivity index (χ0n) is 7.70. The lowest BCUT2D eigenvalue weighted by molar-refractivity contribution is 0.115. The lowest BCUT2D eigenvalue weighted by Crippen LogP contribution is -2.09. The van der Waals surface area contributed by atoms with Gasteiger partial charge in [0.1, 0.15) is 12.7 Å². The van der Waals surface area contributed by atoms with E-state index in [-0.39, 0.29) is 12.7 Å². The van der Waals surface area contributed by atoms with Crippen molar-refractivity contribution < 1.29 is 19.4 Å². The van der Waals surface area contributed by atoms with Crippen LogP contribution in [0, 0.1) is 0 Å². The molecule has 1 fully saturated rings. The summed E-state index contributed by atoms with van der Waals surface area (Å²) in [5.41, 5.74) is 0. The Morgan fingerprint density at radius 2 is 2.08 bits per heavy atom. The van der Waals surface area contributed by atoms with Crippen LogP contribution in [0.2, 0.25) is 0 Å². The maximum Gasteiger partial charge on any atom is 0.508 e. The van der Waals surface area contributed by atoms with E-state index >= 15 is 0 Å². The highest BCUT2D eigenvalue weighted by molar-refractivity contribution is 5.61. The van der Waals surface area contributed by atoms with Crippen molar-refractivity contribution >= 4 is 6.16 Å². The van der Waals surface area contributed by atoms with Gasteiger partial charge in [-0.25, -0.2) is 4.79 Å². The molecule has 0 aromatic heterocycles. The molecule has 0 bridgehead atoms. The Labute approximate surface area is 77.8 Å². The van der Waals surface area contributed by atoms with Gasteiger partial charge in [-0.05, 0) is 19.3 Å². The highest BCUT2D eigenvalue weighted by atomic mass is 16.8. The van der Waals surface area contributed by atoms with Crippen molar-refractivity contribution in [2.45, 2.75) is 38.2 Å². The third-order valence-corrected chi connectivity index (χ3v) is 2.08. The Kier molecular flexibility index (Phi) is 4.60. The molecule has 1 unspecified atom stereocenters. The van der Waals surface area contributed by atoms with E-state index in [1.54, 1.807) is 0 Å². The first-order valence-corrected chi connectivity index (χ1v) is 4.77. The first-order chi connectivity index (χ1) is 6.33. The van der Waals surface area contributed by atoms with Crippen LogP contribution in [0.3, 0.4) is 0 Å². The normalized spacial score (nSPS) is 21.3. The van der Waals surface area contributed by atoms with Gasteiger partial charge in [-0.1, -0.05) is 12.8 Å². The van der Waals surface area contributed by atoms with Gasteiger partial charge in [0.15, 0.2) is 0 Å². The minimum atomic E-state index is -0.541. The van der Waals surface area contributed by atoms with E-state index in [2.05, 4.69) is 4.74 Å². The van der Waals surface area contributed by atoms with Gasteiger partial charge in [-0.3, -0.25) is 0 Å². The van der Waals surface area contributed by atoms with Crippen LogP contribution < -0.4 is 0 Å². The highest BCUT2D eigenvalue weighted by Gasteiger charge is 2.23. The molecule has 0 radical (unpaired) electrons. The summed E-state index contributed by atoms with van der Waals surface area (Å²) in [5, 5.41) is 8.52. The Hall–Kier alpha value is -0.770. The monoisotopic (exact) mass is 188 g/mol. The average Bonchev–Trinajstić information content (AvgIpc) is 2.51. The molecule has 0 amide bonds. The molecular formula is C9H16O4. The van der Waals surface area contributed by atoms with Crippen molar-refractivity contribution in [1.29, 1.82) is 0 Å². The molecule has 76 valence electrons. The lowest BCUT2D eigenvalue weighted by atomic mass is 10.1. The summed E-state index contributed by atoms with van der Waals surface area (Å²) >= 11 is 0. The summed E-state index contributed by atoms with van der Waals surface area (Å²) in [6.07, 6.45) is 4.30. The van der Waals surface area contributed by atoms with Gasteiger partial charge in [-0.2, -0.15) is 0 Å². The third kappa shape index (κ3) is 4.12. The number of ether oxygens (including phenoxy) is 2. The van der Waals surface area contributed by atoms with E-state index in [0.717, 1.165) is 32.1 Å². The van der Waals surface area contributed by atoms with Crippen LogP contribution >= 0.6 is 0 Å². The molecule has 1 atom stereocenters. The van der Waals surface area contributed by atoms with Gasteiger partial charge in [0, 0.05) is 6.61 Å². The van der Waals surface area contributed by atoms with Crippen LogP contribution in [0.1, 0.15) is 32.1 Å². The molecule has 4 nitrogen and oxygen atoms in total. The van der Waals surface area contributed by atoms with Crippen LogP contribution in [0.5, 0.6) is 0 Å². The number of rotatable bonds is 6. The van der Waals surface area contributed by atoms with E-state index in [4.69, 9.17) is 9.84 Å². The van der Waals surface area contributed by atoms with Crippen molar-refractivity contribution in [3.8, 4) is 0 Å². The molecule has 0 saturated carbocycles. The summed E-state index contributed by atoms with van der Waals surface area (Å²) < 4.78 is 9.50. The number of hydrogen-bond acceptors (Lipinski definition) is 4. The first-order valence-electron chi connectivity index (χ1n) is 4.77. The molecule has 1 rings (SSSR count). The van der Waals surface area contributed by atoms with Crippen LogP contribution in [-0.4, -0.2) is 30.6 Å². The molecule has 1 aliphatic rings. The van der Waals surface area contributed by atoms with E-state index in [0.29, 0.717) is 6.61 Å². The number of cyclic esters (lactones) is 2. The van der Waals surface area contributed by atoms with Crippen LogP contribution in [0.15, 0.2) is 0 Å².